The first-order chi connectivity index (χ1) is 8.66. The minimum Gasteiger partial charge on any atom is -0.337 e. The summed E-state index contributed by atoms with van der Waals surface area (Å²) in [6.07, 6.45) is 1.79. The molecular weight excluding hydrogens is 244 g/mol. The van der Waals surface area contributed by atoms with Crippen LogP contribution in [-0.4, -0.2) is 25.1 Å². The predicted molar refractivity (Wildman–Crippen MR) is 69.3 cm³/mol. The average Bonchev–Trinajstić information content (AvgIpc) is 2.84. The molecule has 0 unspecified atom stereocenters. The zero-order valence-corrected chi connectivity index (χ0v) is 12.0. The fourth-order valence-corrected chi connectivity index (χ4v) is 1.43. The second kappa shape index (κ2) is 4.41. The lowest BCUT2D eigenvalue weighted by Crippen LogP contribution is -2.29. The second-order valence-corrected chi connectivity index (χ2v) is 6.28. The van der Waals surface area contributed by atoms with Crippen LogP contribution < -0.4 is 5.73 Å². The molecule has 2 heterocycles. The Morgan fingerprint density at radius 1 is 1.26 bits per heavy atom. The van der Waals surface area contributed by atoms with E-state index in [1.165, 1.54) is 0 Å². The summed E-state index contributed by atoms with van der Waals surface area (Å²) in [6.45, 7) is 10.3. The summed E-state index contributed by atoms with van der Waals surface area (Å²) >= 11 is 0. The van der Waals surface area contributed by atoms with E-state index in [9.17, 15) is 0 Å². The fraction of sp³-hybridized carbons (Fsp3) is 0.667. The van der Waals surface area contributed by atoms with Crippen molar-refractivity contribution < 1.29 is 4.52 Å². The van der Waals surface area contributed by atoms with Gasteiger partial charge < -0.3 is 10.3 Å². The zero-order valence-electron chi connectivity index (χ0n) is 12.0. The SMILES string of the molecule is CC(C)(C)c1noc(Cn2cc(C(C)(C)N)nn2)n1. The summed E-state index contributed by atoms with van der Waals surface area (Å²) in [6, 6.07) is 0. The number of nitrogens with zero attached hydrogens (tertiary/aromatic N) is 5. The van der Waals surface area contributed by atoms with Crippen LogP contribution in [0.4, 0.5) is 0 Å². The Balaban J connectivity index is 2.14. The smallest absolute Gasteiger partial charge is 0.248 e. The molecule has 2 aromatic heterocycles. The molecule has 0 saturated heterocycles. The molecule has 0 spiro atoms. The number of hydrogen-bond acceptors (Lipinski definition) is 6. The van der Waals surface area contributed by atoms with Gasteiger partial charge in [-0.2, -0.15) is 4.98 Å². The van der Waals surface area contributed by atoms with Crippen molar-refractivity contribution in [3.8, 4) is 0 Å². The van der Waals surface area contributed by atoms with Crippen LogP contribution in [0.3, 0.4) is 0 Å². The van der Waals surface area contributed by atoms with Crippen LogP contribution in [-0.2, 0) is 17.5 Å². The molecule has 2 aromatic rings. The molecule has 7 nitrogen and oxygen atoms in total. The van der Waals surface area contributed by atoms with Gasteiger partial charge in [-0.05, 0) is 13.8 Å². The number of hydrogen-bond donors (Lipinski definition) is 1. The highest BCUT2D eigenvalue weighted by Gasteiger charge is 2.22. The van der Waals surface area contributed by atoms with E-state index < -0.39 is 5.54 Å². The molecule has 0 radical (unpaired) electrons. The molecule has 0 aliphatic carbocycles. The summed E-state index contributed by atoms with van der Waals surface area (Å²) in [4.78, 5) is 4.35. The highest BCUT2D eigenvalue weighted by Crippen LogP contribution is 2.19. The molecule has 0 saturated carbocycles. The van der Waals surface area contributed by atoms with Crippen LogP contribution in [0, 0.1) is 0 Å². The first kappa shape index (κ1) is 13.7. The van der Waals surface area contributed by atoms with E-state index in [2.05, 4.69) is 20.5 Å². The zero-order chi connectivity index (χ0) is 14.3. The van der Waals surface area contributed by atoms with E-state index in [4.69, 9.17) is 10.3 Å². The minimum atomic E-state index is -0.510. The molecule has 0 atom stereocenters. The van der Waals surface area contributed by atoms with Crippen LogP contribution in [0.1, 0.15) is 52.0 Å². The summed E-state index contributed by atoms with van der Waals surface area (Å²) in [5.74, 6) is 1.19. The Hall–Kier alpha value is -1.76. The molecule has 0 aromatic carbocycles. The third-order valence-corrected chi connectivity index (χ3v) is 2.63. The Labute approximate surface area is 112 Å². The largest absolute Gasteiger partial charge is 0.337 e. The highest BCUT2D eigenvalue weighted by atomic mass is 16.5. The summed E-state index contributed by atoms with van der Waals surface area (Å²) in [5, 5.41) is 12.0. The molecule has 2 N–H and O–H groups in total. The fourth-order valence-electron chi connectivity index (χ4n) is 1.43. The molecule has 0 bridgehead atoms. The van der Waals surface area contributed by atoms with Gasteiger partial charge in [-0.15, -0.1) is 5.10 Å². The lowest BCUT2D eigenvalue weighted by Gasteiger charge is -2.13. The van der Waals surface area contributed by atoms with Crippen molar-refractivity contribution in [1.29, 1.82) is 0 Å². The van der Waals surface area contributed by atoms with E-state index >= 15 is 0 Å². The van der Waals surface area contributed by atoms with Gasteiger partial charge in [0.1, 0.15) is 12.2 Å². The van der Waals surface area contributed by atoms with Gasteiger partial charge in [0.15, 0.2) is 5.82 Å². The van der Waals surface area contributed by atoms with Crippen molar-refractivity contribution in [2.24, 2.45) is 5.73 Å². The van der Waals surface area contributed by atoms with Crippen molar-refractivity contribution in [2.75, 3.05) is 0 Å². The Bertz CT molecular complexity index is 507. The second-order valence-electron chi connectivity index (χ2n) is 6.28. The first-order valence-electron chi connectivity index (χ1n) is 6.19. The van der Waals surface area contributed by atoms with Gasteiger partial charge in [0, 0.05) is 5.41 Å². The van der Waals surface area contributed by atoms with Gasteiger partial charge in [0.05, 0.1) is 11.7 Å². The average molecular weight is 264 g/mol. The van der Waals surface area contributed by atoms with Gasteiger partial charge in [-0.1, -0.05) is 31.1 Å². The Kier molecular flexibility index (Phi) is 3.17. The molecule has 19 heavy (non-hydrogen) atoms. The van der Waals surface area contributed by atoms with Crippen molar-refractivity contribution in [3.05, 3.63) is 23.6 Å². The third kappa shape index (κ3) is 3.17. The van der Waals surface area contributed by atoms with E-state index in [0.29, 0.717) is 18.3 Å². The number of nitrogens with two attached hydrogens (primary N) is 1. The minimum absolute atomic E-state index is 0.130. The van der Waals surface area contributed by atoms with Crippen molar-refractivity contribution in [1.82, 2.24) is 25.1 Å². The van der Waals surface area contributed by atoms with E-state index in [1.807, 2.05) is 34.6 Å². The molecule has 0 fully saturated rings. The highest BCUT2D eigenvalue weighted by molar-refractivity contribution is 5.06. The lowest BCUT2D eigenvalue weighted by atomic mass is 9.96. The van der Waals surface area contributed by atoms with Crippen LogP contribution in [0.2, 0.25) is 0 Å². The molecule has 7 heteroatoms. The Morgan fingerprint density at radius 2 is 1.95 bits per heavy atom. The van der Waals surface area contributed by atoms with E-state index in [-0.39, 0.29) is 5.41 Å². The van der Waals surface area contributed by atoms with Crippen molar-refractivity contribution >= 4 is 0 Å². The maximum Gasteiger partial charge on any atom is 0.248 e. The van der Waals surface area contributed by atoms with Gasteiger partial charge in [-0.3, -0.25) is 0 Å². The summed E-state index contributed by atoms with van der Waals surface area (Å²) in [7, 11) is 0. The Morgan fingerprint density at radius 3 is 2.42 bits per heavy atom. The van der Waals surface area contributed by atoms with Gasteiger partial charge in [0.2, 0.25) is 5.89 Å². The third-order valence-electron chi connectivity index (χ3n) is 2.63. The topological polar surface area (TPSA) is 95.7 Å². The maximum absolute atomic E-state index is 5.96. The van der Waals surface area contributed by atoms with Gasteiger partial charge >= 0.3 is 0 Å². The van der Waals surface area contributed by atoms with Gasteiger partial charge in [0.25, 0.3) is 0 Å². The lowest BCUT2D eigenvalue weighted by molar-refractivity contribution is 0.352. The standard InChI is InChI=1S/C12H20N6O/c1-11(2,3)10-14-9(19-16-10)7-18-6-8(15-17-18)12(4,5)13/h6H,7,13H2,1-5H3. The summed E-state index contributed by atoms with van der Waals surface area (Å²) in [5.41, 5.74) is 6.04. The molecule has 0 amide bonds. The van der Waals surface area contributed by atoms with Gasteiger partial charge in [-0.25, -0.2) is 4.68 Å². The van der Waals surface area contributed by atoms with Crippen molar-refractivity contribution in [2.45, 2.75) is 52.1 Å². The molecule has 0 aliphatic rings. The number of aromatic nitrogens is 5. The molecule has 2 rings (SSSR count). The first-order valence-corrected chi connectivity index (χ1v) is 6.19. The van der Waals surface area contributed by atoms with Crippen molar-refractivity contribution in [3.63, 3.8) is 0 Å². The van der Waals surface area contributed by atoms with Crippen LogP contribution >= 0.6 is 0 Å². The van der Waals surface area contributed by atoms with E-state index in [1.54, 1.807) is 10.9 Å². The monoisotopic (exact) mass is 264 g/mol. The summed E-state index contributed by atoms with van der Waals surface area (Å²) < 4.78 is 6.85. The van der Waals surface area contributed by atoms with Crippen LogP contribution in [0.5, 0.6) is 0 Å². The number of rotatable bonds is 3. The maximum atomic E-state index is 5.96. The molecule has 0 aliphatic heterocycles. The predicted octanol–water partition coefficient (Wildman–Crippen LogP) is 1.20. The van der Waals surface area contributed by atoms with E-state index in [0.717, 1.165) is 5.69 Å². The molecular formula is C12H20N6O. The van der Waals surface area contributed by atoms with Crippen LogP contribution in [0.25, 0.3) is 0 Å². The normalized spacial score (nSPS) is 12.9. The molecule has 104 valence electrons. The van der Waals surface area contributed by atoms with Crippen LogP contribution in [0.15, 0.2) is 10.7 Å². The quantitative estimate of drug-likeness (QED) is 0.894.